The number of benzene rings is 1. The second-order valence-electron chi connectivity index (χ2n) is 4.22. The summed E-state index contributed by atoms with van der Waals surface area (Å²) in [4.78, 5) is 2.20. The number of aliphatic hydroxyl groups is 1. The van der Waals surface area contributed by atoms with Crippen LogP contribution in [-0.2, 0) is 6.54 Å². The fraction of sp³-hybridized carbons (Fsp3) is 0.538. The minimum absolute atomic E-state index is 0.224. The lowest BCUT2D eigenvalue weighted by molar-refractivity contribution is 0.163. The number of aliphatic hydroxyl groups excluding tert-OH is 1. The number of hydrogen-bond donors (Lipinski definition) is 1. The van der Waals surface area contributed by atoms with Crippen LogP contribution in [0.2, 0.25) is 0 Å². The van der Waals surface area contributed by atoms with Crippen molar-refractivity contribution in [2.75, 3.05) is 20.7 Å². The molecule has 0 spiro atoms. The van der Waals surface area contributed by atoms with Gasteiger partial charge >= 0.3 is 0 Å². The smallest absolute Gasteiger partial charge is 0.118 e. The van der Waals surface area contributed by atoms with Crippen molar-refractivity contribution in [1.29, 1.82) is 0 Å². The van der Waals surface area contributed by atoms with Crippen molar-refractivity contribution in [3.8, 4) is 5.75 Å². The first-order chi connectivity index (χ1) is 7.61. The summed E-state index contributed by atoms with van der Waals surface area (Å²) in [6.45, 7) is 3.63. The summed E-state index contributed by atoms with van der Waals surface area (Å²) in [5, 5.41) is 9.19. The lowest BCUT2D eigenvalue weighted by atomic mass is 10.2. The molecule has 16 heavy (non-hydrogen) atoms. The predicted molar refractivity (Wildman–Crippen MR) is 65.6 cm³/mol. The van der Waals surface area contributed by atoms with Gasteiger partial charge in [-0.3, -0.25) is 0 Å². The second-order valence-corrected chi connectivity index (χ2v) is 4.22. The Balaban J connectivity index is 2.40. The van der Waals surface area contributed by atoms with Crippen molar-refractivity contribution in [2.45, 2.75) is 26.0 Å². The first kappa shape index (κ1) is 13.0. The molecule has 0 saturated heterocycles. The van der Waals surface area contributed by atoms with Gasteiger partial charge in [0.05, 0.1) is 13.2 Å². The topological polar surface area (TPSA) is 32.7 Å². The van der Waals surface area contributed by atoms with E-state index in [1.165, 1.54) is 5.56 Å². The van der Waals surface area contributed by atoms with Crippen LogP contribution in [0, 0.1) is 0 Å². The van der Waals surface area contributed by atoms with Crippen LogP contribution in [0.25, 0.3) is 0 Å². The van der Waals surface area contributed by atoms with Crippen LogP contribution in [0.3, 0.4) is 0 Å². The van der Waals surface area contributed by atoms with E-state index in [9.17, 15) is 5.11 Å². The molecule has 1 atom stereocenters. The van der Waals surface area contributed by atoms with Crippen molar-refractivity contribution in [3.05, 3.63) is 29.8 Å². The zero-order chi connectivity index (χ0) is 12.0. The van der Waals surface area contributed by atoms with Gasteiger partial charge in [-0.05, 0) is 38.1 Å². The SMILES string of the molecule is COc1ccc(CN(C)CCC(C)O)cc1. The molecule has 0 heterocycles. The highest BCUT2D eigenvalue weighted by Gasteiger charge is 2.02. The second kappa shape index (κ2) is 6.51. The summed E-state index contributed by atoms with van der Waals surface area (Å²) in [5.41, 5.74) is 1.26. The van der Waals surface area contributed by atoms with E-state index in [-0.39, 0.29) is 6.10 Å². The molecule has 0 saturated carbocycles. The summed E-state index contributed by atoms with van der Waals surface area (Å²) in [6.07, 6.45) is 0.588. The lowest BCUT2D eigenvalue weighted by Crippen LogP contribution is -2.21. The molecular weight excluding hydrogens is 202 g/mol. The highest BCUT2D eigenvalue weighted by molar-refractivity contribution is 5.26. The molecule has 3 nitrogen and oxygen atoms in total. The zero-order valence-electron chi connectivity index (χ0n) is 10.3. The summed E-state index contributed by atoms with van der Waals surface area (Å²) in [7, 11) is 3.73. The van der Waals surface area contributed by atoms with E-state index >= 15 is 0 Å². The molecule has 1 unspecified atom stereocenters. The molecule has 1 rings (SSSR count). The maximum absolute atomic E-state index is 9.19. The van der Waals surface area contributed by atoms with Crippen molar-refractivity contribution in [2.24, 2.45) is 0 Å². The number of rotatable bonds is 6. The summed E-state index contributed by atoms with van der Waals surface area (Å²) < 4.78 is 5.11. The minimum atomic E-state index is -0.224. The molecule has 0 aliphatic carbocycles. The standard InChI is InChI=1S/C13H21NO2/c1-11(15)8-9-14(2)10-12-4-6-13(16-3)7-5-12/h4-7,11,15H,8-10H2,1-3H3. The third-order valence-electron chi connectivity index (χ3n) is 2.54. The summed E-state index contributed by atoms with van der Waals surface area (Å²) >= 11 is 0. The first-order valence-electron chi connectivity index (χ1n) is 5.61. The Morgan fingerprint density at radius 2 is 1.94 bits per heavy atom. The molecule has 1 aromatic rings. The Kier molecular flexibility index (Phi) is 5.29. The van der Waals surface area contributed by atoms with Gasteiger partial charge in [-0.1, -0.05) is 12.1 Å². The van der Waals surface area contributed by atoms with Gasteiger partial charge in [-0.25, -0.2) is 0 Å². The van der Waals surface area contributed by atoms with E-state index in [2.05, 4.69) is 24.1 Å². The fourth-order valence-electron chi connectivity index (χ4n) is 1.53. The van der Waals surface area contributed by atoms with E-state index in [0.717, 1.165) is 25.3 Å². The molecule has 0 aliphatic rings. The molecule has 0 bridgehead atoms. The molecular formula is C13H21NO2. The van der Waals surface area contributed by atoms with Gasteiger partial charge in [0.15, 0.2) is 0 Å². The number of hydrogen-bond acceptors (Lipinski definition) is 3. The van der Waals surface area contributed by atoms with E-state index in [1.807, 2.05) is 19.1 Å². The maximum atomic E-state index is 9.19. The molecule has 1 N–H and O–H groups in total. The van der Waals surface area contributed by atoms with Crippen LogP contribution < -0.4 is 4.74 Å². The van der Waals surface area contributed by atoms with Crippen LogP contribution in [-0.4, -0.2) is 36.8 Å². The van der Waals surface area contributed by atoms with Crippen molar-refractivity contribution >= 4 is 0 Å². The Morgan fingerprint density at radius 3 is 2.44 bits per heavy atom. The largest absolute Gasteiger partial charge is 0.497 e. The van der Waals surface area contributed by atoms with E-state index in [4.69, 9.17) is 4.74 Å². The van der Waals surface area contributed by atoms with Gasteiger partial charge in [-0.15, -0.1) is 0 Å². The van der Waals surface area contributed by atoms with E-state index in [0.29, 0.717) is 0 Å². The van der Waals surface area contributed by atoms with E-state index < -0.39 is 0 Å². The lowest BCUT2D eigenvalue weighted by Gasteiger charge is -2.17. The Hall–Kier alpha value is -1.06. The molecule has 0 radical (unpaired) electrons. The van der Waals surface area contributed by atoms with Gasteiger partial charge in [0.1, 0.15) is 5.75 Å². The van der Waals surface area contributed by atoms with Crippen molar-refractivity contribution < 1.29 is 9.84 Å². The minimum Gasteiger partial charge on any atom is -0.497 e. The van der Waals surface area contributed by atoms with Crippen LogP contribution >= 0.6 is 0 Å². The predicted octanol–water partition coefficient (Wildman–Crippen LogP) is 1.90. The molecule has 0 fully saturated rings. The van der Waals surface area contributed by atoms with Crippen molar-refractivity contribution in [3.63, 3.8) is 0 Å². The average molecular weight is 223 g/mol. The number of nitrogens with zero attached hydrogens (tertiary/aromatic N) is 1. The van der Waals surface area contributed by atoms with Crippen LogP contribution in [0.15, 0.2) is 24.3 Å². The number of methoxy groups -OCH3 is 1. The van der Waals surface area contributed by atoms with Gasteiger partial charge in [0.25, 0.3) is 0 Å². The van der Waals surface area contributed by atoms with Gasteiger partial charge in [0, 0.05) is 13.1 Å². The summed E-state index contributed by atoms with van der Waals surface area (Å²) in [5.74, 6) is 0.885. The molecule has 0 amide bonds. The first-order valence-corrected chi connectivity index (χ1v) is 5.61. The third-order valence-corrected chi connectivity index (χ3v) is 2.54. The van der Waals surface area contributed by atoms with Crippen LogP contribution in [0.1, 0.15) is 18.9 Å². The normalized spacial score (nSPS) is 12.8. The zero-order valence-corrected chi connectivity index (χ0v) is 10.3. The van der Waals surface area contributed by atoms with Crippen LogP contribution in [0.4, 0.5) is 0 Å². The van der Waals surface area contributed by atoms with Gasteiger partial charge in [0.2, 0.25) is 0 Å². The van der Waals surface area contributed by atoms with Gasteiger partial charge in [-0.2, -0.15) is 0 Å². The quantitative estimate of drug-likeness (QED) is 0.799. The highest BCUT2D eigenvalue weighted by Crippen LogP contribution is 2.12. The maximum Gasteiger partial charge on any atom is 0.118 e. The fourth-order valence-corrected chi connectivity index (χ4v) is 1.53. The van der Waals surface area contributed by atoms with Crippen LogP contribution in [0.5, 0.6) is 5.75 Å². The third kappa shape index (κ3) is 4.64. The Labute approximate surface area is 97.7 Å². The Morgan fingerprint density at radius 1 is 1.31 bits per heavy atom. The molecule has 3 heteroatoms. The average Bonchev–Trinajstić information content (AvgIpc) is 2.27. The molecule has 0 aromatic heterocycles. The Bertz CT molecular complexity index is 295. The highest BCUT2D eigenvalue weighted by atomic mass is 16.5. The monoisotopic (exact) mass is 223 g/mol. The molecule has 1 aromatic carbocycles. The molecule has 0 aliphatic heterocycles. The van der Waals surface area contributed by atoms with E-state index in [1.54, 1.807) is 7.11 Å². The van der Waals surface area contributed by atoms with Crippen molar-refractivity contribution in [1.82, 2.24) is 4.90 Å². The molecule has 90 valence electrons. The summed E-state index contributed by atoms with van der Waals surface area (Å²) in [6, 6.07) is 8.07. The number of ether oxygens (including phenoxy) is 1. The van der Waals surface area contributed by atoms with Gasteiger partial charge < -0.3 is 14.7 Å².